The van der Waals surface area contributed by atoms with Crippen LogP contribution in [0.15, 0.2) is 194 Å². The van der Waals surface area contributed by atoms with Crippen molar-refractivity contribution in [2.75, 3.05) is 0 Å². The van der Waals surface area contributed by atoms with Crippen LogP contribution in [0, 0.1) is 0 Å². The van der Waals surface area contributed by atoms with Crippen molar-refractivity contribution >= 4 is 32.3 Å². The van der Waals surface area contributed by atoms with Gasteiger partial charge in [-0.3, -0.25) is 0 Å². The Morgan fingerprint density at radius 1 is 0.333 bits per heavy atom. The molecule has 0 amide bonds. The van der Waals surface area contributed by atoms with Crippen molar-refractivity contribution in [3.05, 3.63) is 205 Å². The molecular weight excluding hydrogens is 689 g/mol. The molecule has 268 valence electrons. The summed E-state index contributed by atoms with van der Waals surface area (Å²) < 4.78 is 0. The lowest BCUT2D eigenvalue weighted by Gasteiger charge is -2.24. The molecule has 0 unspecified atom stereocenters. The molecule has 0 saturated carbocycles. The Kier molecular flexibility index (Phi) is 7.55. The van der Waals surface area contributed by atoms with Gasteiger partial charge in [-0.1, -0.05) is 196 Å². The lowest BCUT2D eigenvalue weighted by molar-refractivity contribution is 0.666. The zero-order valence-electron chi connectivity index (χ0n) is 31.9. The average Bonchev–Trinajstić information content (AvgIpc) is 3.51. The molecule has 57 heavy (non-hydrogen) atoms. The van der Waals surface area contributed by atoms with Crippen molar-refractivity contribution in [1.82, 2.24) is 9.97 Å². The maximum absolute atomic E-state index is 5.37. The summed E-state index contributed by atoms with van der Waals surface area (Å²) >= 11 is 0. The first kappa shape index (κ1) is 33.2. The highest BCUT2D eigenvalue weighted by Gasteiger charge is 2.37. The van der Waals surface area contributed by atoms with Crippen LogP contribution in [0.3, 0.4) is 0 Å². The average molecular weight is 727 g/mol. The predicted octanol–water partition coefficient (Wildman–Crippen LogP) is 14.6. The van der Waals surface area contributed by atoms with Gasteiger partial charge in [-0.05, 0) is 89.0 Å². The molecule has 0 N–H and O–H groups in total. The van der Waals surface area contributed by atoms with Gasteiger partial charge in [-0.2, -0.15) is 0 Å². The quantitative estimate of drug-likeness (QED) is 0.176. The standard InChI is InChI=1S/C55H38N2/c1-55(2)50-33-40(28-29-46(50)48-30-27-38-16-7-9-19-43(38)53(48)55)42-31-32-47(45-21-11-10-20-44(42)45)52-34-51(39-25-23-36(24-26-39)35-13-4-3-5-14-35)56-54(57-52)49-22-12-17-37-15-6-8-18-41(37)49/h3-34H,1-2H3. The smallest absolute Gasteiger partial charge is 0.161 e. The van der Waals surface area contributed by atoms with Gasteiger partial charge < -0.3 is 0 Å². The van der Waals surface area contributed by atoms with Gasteiger partial charge >= 0.3 is 0 Å². The van der Waals surface area contributed by atoms with Crippen LogP contribution < -0.4 is 0 Å². The highest BCUT2D eigenvalue weighted by molar-refractivity contribution is 6.06. The summed E-state index contributed by atoms with van der Waals surface area (Å²) in [6.07, 6.45) is 0. The molecule has 0 radical (unpaired) electrons. The molecule has 11 rings (SSSR count). The third-order valence-corrected chi connectivity index (χ3v) is 12.1. The number of benzene rings is 9. The van der Waals surface area contributed by atoms with E-state index in [0.717, 1.165) is 38.9 Å². The number of fused-ring (bicyclic) bond motifs is 7. The van der Waals surface area contributed by atoms with E-state index in [9.17, 15) is 0 Å². The van der Waals surface area contributed by atoms with E-state index in [4.69, 9.17) is 9.97 Å². The molecule has 1 heterocycles. The van der Waals surface area contributed by atoms with E-state index >= 15 is 0 Å². The van der Waals surface area contributed by atoms with Gasteiger partial charge in [0.1, 0.15) is 0 Å². The van der Waals surface area contributed by atoms with Crippen molar-refractivity contribution in [3.63, 3.8) is 0 Å². The molecule has 0 spiro atoms. The van der Waals surface area contributed by atoms with Gasteiger partial charge in [-0.25, -0.2) is 9.97 Å². The van der Waals surface area contributed by atoms with Crippen molar-refractivity contribution in [2.24, 2.45) is 0 Å². The number of hydrogen-bond donors (Lipinski definition) is 0. The molecule has 0 atom stereocenters. The molecule has 0 aliphatic heterocycles. The molecule has 0 saturated heterocycles. The SMILES string of the molecule is CC1(C)c2cc(-c3ccc(-c4cc(-c5ccc(-c6ccccc6)cc5)nc(-c5cccc6ccccc56)n4)c4ccccc34)ccc2-c2ccc3ccccc3c21. The van der Waals surface area contributed by atoms with Crippen LogP contribution in [0.1, 0.15) is 25.0 Å². The first-order valence-corrected chi connectivity index (χ1v) is 19.7. The third kappa shape index (κ3) is 5.40. The summed E-state index contributed by atoms with van der Waals surface area (Å²) in [5, 5.41) is 7.30. The highest BCUT2D eigenvalue weighted by atomic mass is 14.9. The summed E-state index contributed by atoms with van der Waals surface area (Å²) in [5.41, 5.74) is 15.1. The largest absolute Gasteiger partial charge is 0.228 e. The summed E-state index contributed by atoms with van der Waals surface area (Å²) in [4.78, 5) is 10.6. The summed E-state index contributed by atoms with van der Waals surface area (Å²) in [7, 11) is 0. The fraction of sp³-hybridized carbons (Fsp3) is 0.0545. The minimum Gasteiger partial charge on any atom is -0.228 e. The second kappa shape index (κ2) is 13.0. The molecule has 9 aromatic carbocycles. The molecule has 2 nitrogen and oxygen atoms in total. The molecule has 1 aliphatic carbocycles. The Morgan fingerprint density at radius 3 is 1.67 bits per heavy atom. The van der Waals surface area contributed by atoms with E-state index in [1.165, 1.54) is 66.1 Å². The van der Waals surface area contributed by atoms with Crippen LogP contribution in [0.2, 0.25) is 0 Å². The molecule has 1 aromatic heterocycles. The van der Waals surface area contributed by atoms with Gasteiger partial charge in [0.25, 0.3) is 0 Å². The van der Waals surface area contributed by atoms with Gasteiger partial charge in [0, 0.05) is 22.1 Å². The molecule has 2 heteroatoms. The Hall–Kier alpha value is -7.16. The second-order valence-electron chi connectivity index (χ2n) is 15.7. The van der Waals surface area contributed by atoms with Gasteiger partial charge in [0.05, 0.1) is 11.4 Å². The monoisotopic (exact) mass is 726 g/mol. The van der Waals surface area contributed by atoms with Crippen LogP contribution in [0.25, 0.3) is 99.6 Å². The van der Waals surface area contributed by atoms with E-state index in [1.54, 1.807) is 0 Å². The van der Waals surface area contributed by atoms with Crippen molar-refractivity contribution in [1.29, 1.82) is 0 Å². The Labute approximate surface area is 332 Å². The summed E-state index contributed by atoms with van der Waals surface area (Å²) in [6, 6.07) is 70.1. The topological polar surface area (TPSA) is 25.8 Å². The minimum atomic E-state index is -0.133. The van der Waals surface area contributed by atoms with E-state index in [2.05, 4.69) is 208 Å². The van der Waals surface area contributed by atoms with E-state index < -0.39 is 0 Å². The van der Waals surface area contributed by atoms with Crippen molar-refractivity contribution in [3.8, 4) is 67.3 Å². The number of aromatic nitrogens is 2. The second-order valence-corrected chi connectivity index (χ2v) is 15.7. The van der Waals surface area contributed by atoms with Crippen LogP contribution in [-0.2, 0) is 5.41 Å². The summed E-state index contributed by atoms with van der Waals surface area (Å²) in [6.45, 7) is 4.76. The minimum absolute atomic E-state index is 0.133. The maximum Gasteiger partial charge on any atom is 0.161 e. The van der Waals surface area contributed by atoms with Crippen molar-refractivity contribution in [2.45, 2.75) is 19.3 Å². The fourth-order valence-electron chi connectivity index (χ4n) is 9.28. The van der Waals surface area contributed by atoms with Crippen LogP contribution in [0.5, 0.6) is 0 Å². The fourth-order valence-corrected chi connectivity index (χ4v) is 9.28. The Balaban J connectivity index is 1.06. The predicted molar refractivity (Wildman–Crippen MR) is 239 cm³/mol. The zero-order valence-corrected chi connectivity index (χ0v) is 31.9. The van der Waals surface area contributed by atoms with E-state index in [0.29, 0.717) is 5.82 Å². The van der Waals surface area contributed by atoms with Crippen LogP contribution >= 0.6 is 0 Å². The highest BCUT2D eigenvalue weighted by Crippen LogP contribution is 2.52. The molecule has 1 aliphatic rings. The molecular formula is C55H38N2. The van der Waals surface area contributed by atoms with Crippen LogP contribution in [-0.4, -0.2) is 9.97 Å². The van der Waals surface area contributed by atoms with Gasteiger partial charge in [0.15, 0.2) is 5.82 Å². The van der Waals surface area contributed by atoms with E-state index in [1.807, 2.05) is 0 Å². The zero-order chi connectivity index (χ0) is 38.1. The Bertz CT molecular complexity index is 3190. The first-order valence-electron chi connectivity index (χ1n) is 19.7. The molecule has 10 aromatic rings. The Morgan fingerprint density at radius 2 is 0.877 bits per heavy atom. The van der Waals surface area contributed by atoms with Gasteiger partial charge in [0.2, 0.25) is 0 Å². The van der Waals surface area contributed by atoms with E-state index in [-0.39, 0.29) is 5.41 Å². The lowest BCUT2D eigenvalue weighted by atomic mass is 9.79. The lowest BCUT2D eigenvalue weighted by Crippen LogP contribution is -2.15. The third-order valence-electron chi connectivity index (χ3n) is 12.1. The molecule has 0 bridgehead atoms. The number of rotatable bonds is 5. The number of nitrogens with zero attached hydrogens (tertiary/aromatic N) is 2. The van der Waals surface area contributed by atoms with Crippen LogP contribution in [0.4, 0.5) is 0 Å². The van der Waals surface area contributed by atoms with Gasteiger partial charge in [-0.15, -0.1) is 0 Å². The first-order chi connectivity index (χ1) is 28.0. The van der Waals surface area contributed by atoms with Crippen molar-refractivity contribution < 1.29 is 0 Å². The summed E-state index contributed by atoms with van der Waals surface area (Å²) in [5.74, 6) is 0.715. The number of hydrogen-bond acceptors (Lipinski definition) is 2. The normalized spacial score (nSPS) is 12.9. The maximum atomic E-state index is 5.37. The molecule has 0 fully saturated rings.